The first kappa shape index (κ1) is 14.5. The minimum atomic E-state index is -0.646. The van der Waals surface area contributed by atoms with E-state index in [2.05, 4.69) is 10.2 Å². The smallest absolute Gasteiger partial charge is 0.329 e. The molecule has 5 aliphatic rings. The van der Waals surface area contributed by atoms with Crippen LogP contribution >= 0.6 is 0 Å². The molecule has 1 aromatic rings. The van der Waals surface area contributed by atoms with Crippen molar-refractivity contribution in [2.24, 2.45) is 17.8 Å². The number of anilines is 1. The summed E-state index contributed by atoms with van der Waals surface area (Å²) in [4.78, 5) is 29.8. The lowest BCUT2D eigenvalue weighted by atomic mass is 9.86. The van der Waals surface area contributed by atoms with Crippen LogP contribution in [0.2, 0.25) is 0 Å². The summed E-state index contributed by atoms with van der Waals surface area (Å²) in [6, 6.07) is 7.63. The number of rotatable bonds is 1. The SMILES string of the molecule is CC1(C)C(=O)N(C(=O)N[C@@H]2C3CC4CN(C3)CC42)c2ccccc21. The number of benzene rings is 1. The molecule has 3 saturated heterocycles. The van der Waals surface area contributed by atoms with Gasteiger partial charge in [0.05, 0.1) is 11.1 Å². The van der Waals surface area contributed by atoms with E-state index in [9.17, 15) is 9.59 Å². The van der Waals surface area contributed by atoms with Gasteiger partial charge in [0.15, 0.2) is 0 Å². The first-order valence-electron chi connectivity index (χ1n) is 8.94. The van der Waals surface area contributed by atoms with E-state index in [4.69, 9.17) is 0 Å². The number of nitrogens with zero attached hydrogens (tertiary/aromatic N) is 2. The van der Waals surface area contributed by atoms with Gasteiger partial charge in [0, 0.05) is 25.7 Å². The molecule has 0 spiro atoms. The van der Waals surface area contributed by atoms with Crippen molar-refractivity contribution >= 4 is 17.6 Å². The van der Waals surface area contributed by atoms with Crippen LogP contribution in [0.3, 0.4) is 0 Å². The molecule has 4 heterocycles. The Bertz CT molecular complexity index is 740. The normalized spacial score (nSPS) is 37.8. The number of carbonyl (C=O) groups excluding carboxylic acids is 2. The van der Waals surface area contributed by atoms with E-state index < -0.39 is 5.41 Å². The van der Waals surface area contributed by atoms with Crippen molar-refractivity contribution in [1.82, 2.24) is 10.2 Å². The number of para-hydroxylation sites is 1. The lowest BCUT2D eigenvalue weighted by Crippen LogP contribution is -2.55. The minimum Gasteiger partial charge on any atom is -0.334 e. The van der Waals surface area contributed by atoms with E-state index in [1.165, 1.54) is 17.9 Å². The summed E-state index contributed by atoms with van der Waals surface area (Å²) < 4.78 is 0. The molecule has 0 radical (unpaired) electrons. The summed E-state index contributed by atoms with van der Waals surface area (Å²) in [6.45, 7) is 7.17. The molecule has 1 saturated carbocycles. The van der Waals surface area contributed by atoms with Gasteiger partial charge in [-0.2, -0.15) is 0 Å². The van der Waals surface area contributed by atoms with Gasteiger partial charge in [-0.15, -0.1) is 0 Å². The van der Waals surface area contributed by atoms with Crippen LogP contribution in [0.5, 0.6) is 0 Å². The molecule has 1 aliphatic carbocycles. The number of piperidine rings is 2. The van der Waals surface area contributed by atoms with E-state index >= 15 is 0 Å². The average Bonchev–Trinajstić information content (AvgIpc) is 3.05. The van der Waals surface area contributed by atoms with Crippen LogP contribution in [0.15, 0.2) is 24.3 Å². The molecule has 4 bridgehead atoms. The number of amides is 3. The van der Waals surface area contributed by atoms with E-state index in [0.717, 1.165) is 30.3 Å². The Morgan fingerprint density at radius 2 is 1.92 bits per heavy atom. The number of urea groups is 1. The lowest BCUT2D eigenvalue weighted by Gasteiger charge is -2.35. The molecule has 4 fully saturated rings. The number of fused-ring (bicyclic) bond motifs is 1. The quantitative estimate of drug-likeness (QED) is 0.859. The highest BCUT2D eigenvalue weighted by molar-refractivity contribution is 6.22. The highest BCUT2D eigenvalue weighted by Crippen LogP contribution is 2.47. The predicted molar refractivity (Wildman–Crippen MR) is 90.8 cm³/mol. The van der Waals surface area contributed by atoms with Crippen molar-refractivity contribution in [2.45, 2.75) is 31.7 Å². The van der Waals surface area contributed by atoms with Gasteiger partial charge in [-0.05, 0) is 49.7 Å². The highest BCUT2D eigenvalue weighted by atomic mass is 16.2. The monoisotopic (exact) mass is 325 g/mol. The molecular weight excluding hydrogens is 302 g/mol. The Balaban J connectivity index is 1.43. The fourth-order valence-electron chi connectivity index (χ4n) is 5.53. The van der Waals surface area contributed by atoms with Crippen LogP contribution in [-0.4, -0.2) is 42.5 Å². The molecule has 5 nitrogen and oxygen atoms in total. The zero-order chi connectivity index (χ0) is 16.6. The number of hydrogen-bond acceptors (Lipinski definition) is 3. The van der Waals surface area contributed by atoms with Gasteiger partial charge in [-0.1, -0.05) is 18.2 Å². The maximum Gasteiger partial charge on any atom is 0.329 e. The van der Waals surface area contributed by atoms with E-state index in [1.54, 1.807) is 0 Å². The van der Waals surface area contributed by atoms with Gasteiger partial charge < -0.3 is 10.2 Å². The summed E-state index contributed by atoms with van der Waals surface area (Å²) in [6.07, 6.45) is 1.22. The molecule has 126 valence electrons. The number of hydrogen-bond donors (Lipinski definition) is 1. The van der Waals surface area contributed by atoms with Crippen LogP contribution in [0, 0.1) is 17.8 Å². The number of imide groups is 1. The summed E-state index contributed by atoms with van der Waals surface area (Å²) in [5.74, 6) is 1.71. The van der Waals surface area contributed by atoms with Crippen LogP contribution in [0.4, 0.5) is 10.5 Å². The van der Waals surface area contributed by atoms with Crippen molar-refractivity contribution in [3.63, 3.8) is 0 Å². The average molecular weight is 325 g/mol. The zero-order valence-electron chi connectivity index (χ0n) is 14.2. The molecule has 4 aliphatic heterocycles. The number of carbonyl (C=O) groups is 2. The van der Waals surface area contributed by atoms with Gasteiger partial charge in [0.1, 0.15) is 0 Å². The third-order valence-electron chi connectivity index (χ3n) is 6.68. The lowest BCUT2D eigenvalue weighted by molar-refractivity contribution is -0.121. The Morgan fingerprint density at radius 3 is 2.71 bits per heavy atom. The van der Waals surface area contributed by atoms with Crippen LogP contribution in [-0.2, 0) is 10.2 Å². The molecule has 24 heavy (non-hydrogen) atoms. The van der Waals surface area contributed by atoms with Crippen molar-refractivity contribution in [2.75, 3.05) is 24.5 Å². The molecule has 6 rings (SSSR count). The summed E-state index contributed by atoms with van der Waals surface area (Å²) in [7, 11) is 0. The third-order valence-corrected chi connectivity index (χ3v) is 6.68. The third kappa shape index (κ3) is 1.73. The minimum absolute atomic E-state index is 0.127. The fourth-order valence-corrected chi connectivity index (χ4v) is 5.53. The summed E-state index contributed by atoms with van der Waals surface area (Å²) in [5, 5.41) is 3.23. The Hall–Kier alpha value is -1.88. The molecule has 3 amide bonds. The molecular formula is C19H23N3O2. The van der Waals surface area contributed by atoms with Crippen LogP contribution in [0.25, 0.3) is 0 Å². The van der Waals surface area contributed by atoms with Crippen molar-refractivity contribution < 1.29 is 9.59 Å². The van der Waals surface area contributed by atoms with Gasteiger partial charge >= 0.3 is 6.03 Å². The largest absolute Gasteiger partial charge is 0.334 e. The maximum absolute atomic E-state index is 13.0. The molecule has 0 aromatic heterocycles. The second-order valence-electron chi connectivity index (χ2n) is 8.40. The van der Waals surface area contributed by atoms with Gasteiger partial charge in [0.25, 0.3) is 0 Å². The van der Waals surface area contributed by atoms with E-state index in [0.29, 0.717) is 11.8 Å². The zero-order valence-corrected chi connectivity index (χ0v) is 14.2. The fraction of sp³-hybridized carbons (Fsp3) is 0.579. The van der Waals surface area contributed by atoms with Crippen LogP contribution < -0.4 is 10.2 Å². The molecule has 5 atom stereocenters. The maximum atomic E-state index is 13.0. The second-order valence-corrected chi connectivity index (χ2v) is 8.40. The Labute approximate surface area is 142 Å². The topological polar surface area (TPSA) is 52.7 Å². The first-order chi connectivity index (χ1) is 11.5. The standard InChI is InChI=1S/C19H23N3O2/c1-19(2)14-5-3-4-6-15(14)22(17(19)23)18(24)20-16-12-7-11-8-21(9-12)10-13(11)16/h3-6,11-13,16H,7-10H2,1-2H3,(H,20,24)/t11?,12?,13?,16-/m1/s1. The molecule has 1 aromatic carbocycles. The van der Waals surface area contributed by atoms with Crippen LogP contribution in [0.1, 0.15) is 25.8 Å². The Kier molecular flexibility index (Phi) is 2.77. The van der Waals surface area contributed by atoms with E-state index in [1.807, 2.05) is 38.1 Å². The van der Waals surface area contributed by atoms with E-state index in [-0.39, 0.29) is 18.0 Å². The predicted octanol–water partition coefficient (Wildman–Crippen LogP) is 1.97. The Morgan fingerprint density at radius 1 is 1.17 bits per heavy atom. The summed E-state index contributed by atoms with van der Waals surface area (Å²) in [5.41, 5.74) is 1.03. The van der Waals surface area contributed by atoms with Gasteiger partial charge in [-0.25, -0.2) is 9.69 Å². The van der Waals surface area contributed by atoms with Crippen molar-refractivity contribution in [1.29, 1.82) is 0 Å². The number of nitrogens with one attached hydrogen (secondary N) is 1. The molecule has 5 heteroatoms. The van der Waals surface area contributed by atoms with Gasteiger partial charge in [0.2, 0.25) is 5.91 Å². The van der Waals surface area contributed by atoms with Gasteiger partial charge in [-0.3, -0.25) is 4.79 Å². The second kappa shape index (κ2) is 4.60. The molecule has 1 N–H and O–H groups in total. The first-order valence-corrected chi connectivity index (χ1v) is 8.94. The highest BCUT2D eigenvalue weighted by Gasteiger charge is 2.54. The summed E-state index contributed by atoms with van der Waals surface area (Å²) >= 11 is 0. The van der Waals surface area contributed by atoms with Crippen molar-refractivity contribution in [3.8, 4) is 0 Å². The van der Waals surface area contributed by atoms with Crippen molar-refractivity contribution in [3.05, 3.63) is 29.8 Å². The molecule has 4 unspecified atom stereocenters.